The highest BCUT2D eigenvalue weighted by Crippen LogP contribution is 2.27. The van der Waals surface area contributed by atoms with Gasteiger partial charge in [0.25, 0.3) is 0 Å². The van der Waals surface area contributed by atoms with Gasteiger partial charge in [-0.25, -0.2) is 0 Å². The Morgan fingerprint density at radius 1 is 1.00 bits per heavy atom. The third-order valence-electron chi connectivity index (χ3n) is 3.91. The third-order valence-corrected chi connectivity index (χ3v) is 3.91. The zero-order valence-corrected chi connectivity index (χ0v) is 16.1. The number of ether oxygens (including phenoxy) is 1. The Hall–Kier alpha value is -3.15. The summed E-state index contributed by atoms with van der Waals surface area (Å²) in [5.41, 5.74) is 1.29. The van der Waals surface area contributed by atoms with E-state index in [9.17, 15) is 4.79 Å². The van der Waals surface area contributed by atoms with Crippen molar-refractivity contribution in [1.29, 1.82) is 0 Å². The Labute approximate surface area is 159 Å². The van der Waals surface area contributed by atoms with Crippen molar-refractivity contribution in [3.8, 4) is 11.4 Å². The molecule has 1 heterocycles. The normalized spacial score (nSPS) is 11.3. The van der Waals surface area contributed by atoms with E-state index in [1.165, 1.54) is 0 Å². The number of aromatic nitrogens is 3. The van der Waals surface area contributed by atoms with Crippen LogP contribution in [0.1, 0.15) is 20.8 Å². The van der Waals surface area contributed by atoms with Gasteiger partial charge in [-0.1, -0.05) is 48.5 Å². The van der Waals surface area contributed by atoms with E-state index in [0.717, 1.165) is 11.3 Å². The molecule has 0 saturated carbocycles. The van der Waals surface area contributed by atoms with Crippen molar-refractivity contribution in [2.24, 2.45) is 0 Å². The molecule has 6 nitrogen and oxygen atoms in total. The van der Waals surface area contributed by atoms with Gasteiger partial charge in [-0.3, -0.25) is 9.36 Å². The number of nitrogens with zero attached hydrogens (tertiary/aromatic N) is 4. The number of benzene rings is 2. The summed E-state index contributed by atoms with van der Waals surface area (Å²) in [6, 6.07) is 19.5. The lowest BCUT2D eigenvalue weighted by atomic mass is 10.2. The van der Waals surface area contributed by atoms with Crippen LogP contribution in [0.3, 0.4) is 0 Å². The molecule has 0 spiro atoms. The molecule has 0 unspecified atom stereocenters. The van der Waals surface area contributed by atoms with E-state index in [0.29, 0.717) is 11.8 Å². The van der Waals surface area contributed by atoms with Gasteiger partial charge in [0, 0.05) is 18.3 Å². The van der Waals surface area contributed by atoms with Gasteiger partial charge in [-0.05, 0) is 32.9 Å². The molecule has 0 amide bonds. The molecule has 27 heavy (non-hydrogen) atoms. The van der Waals surface area contributed by atoms with Gasteiger partial charge in [-0.2, -0.15) is 0 Å². The van der Waals surface area contributed by atoms with Gasteiger partial charge in [0.1, 0.15) is 12.1 Å². The number of para-hydroxylation sites is 1. The van der Waals surface area contributed by atoms with E-state index in [4.69, 9.17) is 4.74 Å². The molecule has 0 fully saturated rings. The molecule has 3 rings (SSSR count). The van der Waals surface area contributed by atoms with Crippen molar-refractivity contribution in [3.63, 3.8) is 0 Å². The molecule has 2 aromatic carbocycles. The molecule has 0 N–H and O–H groups in total. The van der Waals surface area contributed by atoms with E-state index < -0.39 is 5.60 Å². The summed E-state index contributed by atoms with van der Waals surface area (Å²) in [5, 5.41) is 8.70. The van der Waals surface area contributed by atoms with Crippen LogP contribution in [-0.2, 0) is 16.1 Å². The van der Waals surface area contributed by atoms with Gasteiger partial charge in [0.15, 0.2) is 5.82 Å². The van der Waals surface area contributed by atoms with Crippen molar-refractivity contribution in [2.45, 2.75) is 32.9 Å². The first-order valence-electron chi connectivity index (χ1n) is 8.84. The van der Waals surface area contributed by atoms with Gasteiger partial charge in [0.05, 0.1) is 0 Å². The van der Waals surface area contributed by atoms with E-state index in [-0.39, 0.29) is 12.5 Å². The van der Waals surface area contributed by atoms with Crippen molar-refractivity contribution in [2.75, 3.05) is 11.9 Å². The second-order valence-corrected chi connectivity index (χ2v) is 7.26. The summed E-state index contributed by atoms with van der Waals surface area (Å²) >= 11 is 0. The van der Waals surface area contributed by atoms with E-state index in [1.807, 2.05) is 93.4 Å². The first-order chi connectivity index (χ1) is 12.8. The lowest BCUT2D eigenvalue weighted by Crippen LogP contribution is -2.28. The van der Waals surface area contributed by atoms with Crippen LogP contribution in [0.25, 0.3) is 11.4 Å². The van der Waals surface area contributed by atoms with Crippen LogP contribution in [0.15, 0.2) is 60.7 Å². The van der Waals surface area contributed by atoms with Crippen LogP contribution in [0.4, 0.5) is 11.6 Å². The monoisotopic (exact) mass is 364 g/mol. The summed E-state index contributed by atoms with van der Waals surface area (Å²) in [7, 11) is 1.90. The van der Waals surface area contributed by atoms with Crippen LogP contribution in [0.5, 0.6) is 0 Å². The largest absolute Gasteiger partial charge is 0.459 e. The topological polar surface area (TPSA) is 60.2 Å². The second kappa shape index (κ2) is 7.61. The molecule has 1 aromatic heterocycles. The van der Waals surface area contributed by atoms with Crippen molar-refractivity contribution >= 4 is 17.6 Å². The molecule has 0 aliphatic heterocycles. The number of hydrogen-bond donors (Lipinski definition) is 0. The van der Waals surface area contributed by atoms with E-state index >= 15 is 0 Å². The zero-order valence-electron chi connectivity index (χ0n) is 16.1. The highest BCUT2D eigenvalue weighted by Gasteiger charge is 2.23. The lowest BCUT2D eigenvalue weighted by molar-refractivity contribution is -0.155. The van der Waals surface area contributed by atoms with E-state index in [1.54, 1.807) is 4.57 Å². The van der Waals surface area contributed by atoms with Crippen molar-refractivity contribution in [1.82, 2.24) is 14.8 Å². The first-order valence-corrected chi connectivity index (χ1v) is 8.84. The lowest BCUT2D eigenvalue weighted by Gasteiger charge is -2.22. The van der Waals surface area contributed by atoms with Gasteiger partial charge in [0.2, 0.25) is 5.95 Å². The summed E-state index contributed by atoms with van der Waals surface area (Å²) < 4.78 is 7.30. The van der Waals surface area contributed by atoms with Crippen molar-refractivity contribution in [3.05, 3.63) is 60.7 Å². The van der Waals surface area contributed by atoms with Crippen LogP contribution >= 0.6 is 0 Å². The third kappa shape index (κ3) is 4.53. The second-order valence-electron chi connectivity index (χ2n) is 7.26. The minimum Gasteiger partial charge on any atom is -0.459 e. The molecule has 6 heteroatoms. The quantitative estimate of drug-likeness (QED) is 0.639. The summed E-state index contributed by atoms with van der Waals surface area (Å²) in [5.74, 6) is 0.868. The first kappa shape index (κ1) is 18.6. The number of esters is 1. The number of carbonyl (C=O) groups excluding carboxylic acids is 1. The van der Waals surface area contributed by atoms with E-state index in [2.05, 4.69) is 10.2 Å². The zero-order chi connectivity index (χ0) is 19.4. The molecule has 0 saturated heterocycles. The molecule has 0 atom stereocenters. The van der Waals surface area contributed by atoms with Gasteiger partial charge < -0.3 is 9.64 Å². The minimum atomic E-state index is -0.552. The van der Waals surface area contributed by atoms with Crippen LogP contribution in [0.2, 0.25) is 0 Å². The summed E-state index contributed by atoms with van der Waals surface area (Å²) in [4.78, 5) is 14.4. The van der Waals surface area contributed by atoms with Crippen LogP contribution in [0, 0.1) is 0 Å². The SMILES string of the molecule is CN(c1ccccc1)c1nnc(-c2ccccc2)n1CC(=O)OC(C)(C)C. The minimum absolute atomic E-state index is 0.0288. The number of anilines is 2. The average molecular weight is 364 g/mol. The highest BCUT2D eigenvalue weighted by molar-refractivity contribution is 5.72. The molecule has 0 bridgehead atoms. The molecular weight excluding hydrogens is 340 g/mol. The van der Waals surface area contributed by atoms with Gasteiger partial charge in [-0.15, -0.1) is 10.2 Å². The smallest absolute Gasteiger partial charge is 0.326 e. The predicted molar refractivity (Wildman–Crippen MR) is 106 cm³/mol. The standard InChI is InChI=1S/C21H24N4O2/c1-21(2,3)27-18(26)15-25-19(16-11-7-5-8-12-16)22-23-20(25)24(4)17-13-9-6-10-14-17/h5-14H,15H2,1-4H3. The highest BCUT2D eigenvalue weighted by atomic mass is 16.6. The fourth-order valence-corrected chi connectivity index (χ4v) is 2.76. The maximum Gasteiger partial charge on any atom is 0.326 e. The Morgan fingerprint density at radius 2 is 1.59 bits per heavy atom. The van der Waals surface area contributed by atoms with Gasteiger partial charge >= 0.3 is 5.97 Å². The molecule has 0 radical (unpaired) electrons. The number of carbonyl (C=O) groups is 1. The average Bonchev–Trinajstić information content (AvgIpc) is 3.04. The van der Waals surface area contributed by atoms with Crippen molar-refractivity contribution < 1.29 is 9.53 Å². The molecule has 3 aromatic rings. The Kier molecular flexibility index (Phi) is 5.26. The molecular formula is C21H24N4O2. The number of rotatable bonds is 5. The Balaban J connectivity index is 2.01. The molecule has 0 aliphatic carbocycles. The number of hydrogen-bond acceptors (Lipinski definition) is 5. The maximum atomic E-state index is 12.5. The summed E-state index contributed by atoms with van der Waals surface area (Å²) in [6.07, 6.45) is 0. The fraction of sp³-hybridized carbons (Fsp3) is 0.286. The Bertz CT molecular complexity index is 899. The maximum absolute atomic E-state index is 12.5. The predicted octanol–water partition coefficient (Wildman–Crippen LogP) is 4.05. The van der Waals surface area contributed by atoms with Crippen LogP contribution in [-0.4, -0.2) is 33.4 Å². The Morgan fingerprint density at radius 3 is 2.19 bits per heavy atom. The summed E-state index contributed by atoms with van der Waals surface area (Å²) in [6.45, 7) is 5.59. The fourth-order valence-electron chi connectivity index (χ4n) is 2.76. The van der Waals surface area contributed by atoms with Crippen LogP contribution < -0.4 is 4.90 Å². The molecule has 140 valence electrons. The molecule has 0 aliphatic rings.